The number of hydrogen-bond donors (Lipinski definition) is 2. The van der Waals surface area contributed by atoms with Gasteiger partial charge >= 0.3 is 11.9 Å². The van der Waals surface area contributed by atoms with Gasteiger partial charge in [-0.3, -0.25) is 14.4 Å². The third kappa shape index (κ3) is 42.0. The Hall–Kier alpha value is -2.63. The Balaban J connectivity index is 4.23. The second-order valence-corrected chi connectivity index (χ2v) is 14.9. The van der Waals surface area contributed by atoms with Crippen molar-refractivity contribution in [1.29, 1.82) is 0 Å². The molecule has 0 radical (unpaired) electrons. The van der Waals surface area contributed by atoms with Crippen LogP contribution in [0, 0.1) is 0 Å². The number of carbonyl (C=O) groups is 3. The molecule has 0 saturated carbocycles. The zero-order valence-electron chi connectivity index (χ0n) is 34.6. The number of unbranched alkanes of at least 4 members (excludes halogenated alkanes) is 21. The highest BCUT2D eigenvalue weighted by molar-refractivity contribution is 5.80. The number of nitrogens with one attached hydrogen (secondary N) is 1. The highest BCUT2D eigenvalue weighted by atomic mass is 16.5. The van der Waals surface area contributed by atoms with Crippen molar-refractivity contribution in [3.63, 3.8) is 0 Å². The van der Waals surface area contributed by atoms with E-state index in [2.05, 4.69) is 67.8 Å². The zero-order chi connectivity index (χ0) is 38.7. The number of rotatable bonds is 40. The van der Waals surface area contributed by atoms with Crippen molar-refractivity contribution in [2.45, 2.75) is 225 Å². The lowest BCUT2D eigenvalue weighted by Gasteiger charge is -2.18. The van der Waals surface area contributed by atoms with Crippen LogP contribution in [0.15, 0.2) is 48.6 Å². The van der Waals surface area contributed by atoms with Crippen LogP contribution in [0.1, 0.15) is 219 Å². The molecule has 0 aliphatic carbocycles. The van der Waals surface area contributed by atoms with Gasteiger partial charge in [0, 0.05) is 12.8 Å². The summed E-state index contributed by atoms with van der Waals surface area (Å²) < 4.78 is 6.02. The molecule has 0 rings (SSSR count). The summed E-state index contributed by atoms with van der Waals surface area (Å²) in [5.41, 5.74) is 0. The van der Waals surface area contributed by atoms with Crippen molar-refractivity contribution in [1.82, 2.24) is 5.32 Å². The minimum Gasteiger partial charge on any atom is -0.480 e. The molecule has 0 spiro atoms. The van der Waals surface area contributed by atoms with E-state index >= 15 is 0 Å². The number of aliphatic carboxylic acids is 1. The Kier molecular flexibility index (Phi) is 40.0. The van der Waals surface area contributed by atoms with Gasteiger partial charge in [-0.15, -0.1) is 0 Å². The first kappa shape index (κ1) is 50.4. The van der Waals surface area contributed by atoms with E-state index in [1.165, 1.54) is 89.9 Å². The molecule has 0 fully saturated rings. The van der Waals surface area contributed by atoms with Crippen LogP contribution < -0.4 is 5.32 Å². The highest BCUT2D eigenvalue weighted by Crippen LogP contribution is 2.18. The number of hydrogen-bond acceptors (Lipinski definition) is 4. The molecule has 0 bridgehead atoms. The first-order valence-electron chi connectivity index (χ1n) is 22.3. The summed E-state index contributed by atoms with van der Waals surface area (Å²) in [4.78, 5) is 35.1. The van der Waals surface area contributed by atoms with Crippen LogP contribution in [-0.4, -0.2) is 35.6 Å². The normalized spacial score (nSPS) is 12.5. The first-order valence-corrected chi connectivity index (χ1v) is 22.3. The molecule has 0 aromatic carbocycles. The molecule has 0 aliphatic rings. The number of esters is 1. The molecule has 306 valence electrons. The summed E-state index contributed by atoms with van der Waals surface area (Å²) >= 11 is 0. The molecule has 0 aliphatic heterocycles. The Morgan fingerprint density at radius 2 is 0.925 bits per heavy atom. The molecule has 1 atom stereocenters. The van der Waals surface area contributed by atoms with E-state index in [1.807, 2.05) is 0 Å². The molecule has 0 aromatic heterocycles. The number of carboxylic acid groups (broad SMARTS) is 1. The predicted octanol–water partition coefficient (Wildman–Crippen LogP) is 13.8. The fraction of sp³-hybridized carbons (Fsp3) is 0.766. The third-order valence-electron chi connectivity index (χ3n) is 9.77. The summed E-state index contributed by atoms with van der Waals surface area (Å²) in [6.45, 7) is 4.12. The standard InChI is InChI=1S/C47H83NO5/c1-3-5-7-9-11-13-15-17-19-21-23-25-27-29-34-38-42-47(52)53-44(40-36-32-30-33-37-41-45(49)48-43-46(50)51)39-35-31-28-26-24-22-20-18-16-14-12-10-8-6-4-2/h6,8,12,14,18,20,24,26,44H,3-5,7,9-11,13,15-17,19,21-23,25,27-43H2,1-2H3,(H,48,49)(H,50,51)/b8-6-,14-12-,20-18-,26-24-. The van der Waals surface area contributed by atoms with E-state index < -0.39 is 5.97 Å². The summed E-state index contributed by atoms with van der Waals surface area (Å²) in [5.74, 6) is -1.26. The number of ether oxygens (including phenoxy) is 1. The van der Waals surface area contributed by atoms with Gasteiger partial charge in [0.15, 0.2) is 0 Å². The molecule has 6 heteroatoms. The van der Waals surface area contributed by atoms with Crippen LogP contribution >= 0.6 is 0 Å². The Morgan fingerprint density at radius 3 is 1.42 bits per heavy atom. The van der Waals surface area contributed by atoms with E-state index in [-0.39, 0.29) is 24.5 Å². The third-order valence-corrected chi connectivity index (χ3v) is 9.77. The maximum Gasteiger partial charge on any atom is 0.322 e. The van der Waals surface area contributed by atoms with Crippen LogP contribution in [0.2, 0.25) is 0 Å². The van der Waals surface area contributed by atoms with E-state index in [0.717, 1.165) is 103 Å². The SMILES string of the molecule is CC/C=C\C/C=C\C/C=C\C/C=C\CCCCC(CCCCCCCC(=O)NCC(=O)O)OC(=O)CCCCCCCCCCCCCCCCCC. The van der Waals surface area contributed by atoms with Crippen molar-refractivity contribution >= 4 is 17.8 Å². The lowest BCUT2D eigenvalue weighted by molar-refractivity contribution is -0.150. The lowest BCUT2D eigenvalue weighted by atomic mass is 10.0. The van der Waals surface area contributed by atoms with Gasteiger partial charge in [-0.25, -0.2) is 0 Å². The molecule has 0 saturated heterocycles. The first-order chi connectivity index (χ1) is 26.0. The van der Waals surface area contributed by atoms with Crippen LogP contribution in [0.5, 0.6) is 0 Å². The maximum atomic E-state index is 12.8. The maximum absolute atomic E-state index is 12.8. The van der Waals surface area contributed by atoms with Gasteiger partial charge in [0.1, 0.15) is 12.6 Å². The Labute approximate surface area is 327 Å². The van der Waals surface area contributed by atoms with E-state index in [0.29, 0.717) is 12.8 Å². The quantitative estimate of drug-likeness (QED) is 0.0370. The largest absolute Gasteiger partial charge is 0.480 e. The monoisotopic (exact) mass is 742 g/mol. The van der Waals surface area contributed by atoms with Crippen molar-refractivity contribution in [3.8, 4) is 0 Å². The average Bonchev–Trinajstić information content (AvgIpc) is 3.14. The lowest BCUT2D eigenvalue weighted by Crippen LogP contribution is -2.28. The highest BCUT2D eigenvalue weighted by Gasteiger charge is 2.14. The minimum atomic E-state index is -1.02. The smallest absolute Gasteiger partial charge is 0.322 e. The van der Waals surface area contributed by atoms with Gasteiger partial charge in [0.25, 0.3) is 0 Å². The predicted molar refractivity (Wildman–Crippen MR) is 226 cm³/mol. The van der Waals surface area contributed by atoms with Crippen molar-refractivity contribution in [3.05, 3.63) is 48.6 Å². The van der Waals surface area contributed by atoms with Gasteiger partial charge in [0.2, 0.25) is 5.91 Å². The number of carbonyl (C=O) groups excluding carboxylic acids is 2. The van der Waals surface area contributed by atoms with Crippen molar-refractivity contribution in [2.75, 3.05) is 6.54 Å². The zero-order valence-corrected chi connectivity index (χ0v) is 34.6. The number of amides is 1. The molecule has 0 heterocycles. The molecule has 53 heavy (non-hydrogen) atoms. The van der Waals surface area contributed by atoms with Crippen LogP contribution in [-0.2, 0) is 19.1 Å². The van der Waals surface area contributed by atoms with Gasteiger partial charge in [-0.1, -0.05) is 178 Å². The molecular formula is C47H83NO5. The molecule has 1 amide bonds. The summed E-state index contributed by atoms with van der Waals surface area (Å²) in [5, 5.41) is 11.1. The van der Waals surface area contributed by atoms with E-state index in [9.17, 15) is 14.4 Å². The topological polar surface area (TPSA) is 92.7 Å². The van der Waals surface area contributed by atoms with Crippen molar-refractivity contribution in [2.24, 2.45) is 0 Å². The van der Waals surface area contributed by atoms with Crippen LogP contribution in [0.4, 0.5) is 0 Å². The van der Waals surface area contributed by atoms with Gasteiger partial charge in [-0.05, 0) is 77.0 Å². The summed E-state index contributed by atoms with van der Waals surface area (Å²) in [7, 11) is 0. The number of carboxylic acids is 1. The second-order valence-electron chi connectivity index (χ2n) is 14.9. The fourth-order valence-electron chi connectivity index (χ4n) is 6.51. The molecular weight excluding hydrogens is 659 g/mol. The Bertz CT molecular complexity index is 953. The van der Waals surface area contributed by atoms with Gasteiger partial charge in [-0.2, -0.15) is 0 Å². The summed E-state index contributed by atoms with van der Waals surface area (Å²) in [6.07, 6.45) is 53.8. The second kappa shape index (κ2) is 42.1. The number of allylic oxidation sites excluding steroid dienone is 8. The molecule has 2 N–H and O–H groups in total. The van der Waals surface area contributed by atoms with E-state index in [1.54, 1.807) is 0 Å². The van der Waals surface area contributed by atoms with Gasteiger partial charge < -0.3 is 15.2 Å². The molecule has 0 aromatic rings. The van der Waals surface area contributed by atoms with E-state index in [4.69, 9.17) is 9.84 Å². The summed E-state index contributed by atoms with van der Waals surface area (Å²) in [6, 6.07) is 0. The average molecular weight is 742 g/mol. The minimum absolute atomic E-state index is 0.0113. The van der Waals surface area contributed by atoms with Crippen molar-refractivity contribution < 1.29 is 24.2 Å². The Morgan fingerprint density at radius 1 is 0.509 bits per heavy atom. The van der Waals surface area contributed by atoms with Gasteiger partial charge in [0.05, 0.1) is 0 Å². The molecule has 1 unspecified atom stereocenters. The van der Waals surface area contributed by atoms with Crippen LogP contribution in [0.25, 0.3) is 0 Å². The van der Waals surface area contributed by atoms with Crippen LogP contribution in [0.3, 0.4) is 0 Å². The fourth-order valence-corrected chi connectivity index (χ4v) is 6.51. The molecule has 6 nitrogen and oxygen atoms in total.